The van der Waals surface area contributed by atoms with E-state index in [9.17, 15) is 4.79 Å². The first-order chi connectivity index (χ1) is 10.1. The van der Waals surface area contributed by atoms with Gasteiger partial charge in [0.1, 0.15) is 0 Å². The molecule has 0 radical (unpaired) electrons. The Bertz CT molecular complexity index is 830. The van der Waals surface area contributed by atoms with Crippen molar-refractivity contribution in [2.75, 3.05) is 5.73 Å². The second-order valence-corrected chi connectivity index (χ2v) is 5.78. The van der Waals surface area contributed by atoms with Gasteiger partial charge in [0, 0.05) is 15.5 Å². The summed E-state index contributed by atoms with van der Waals surface area (Å²) in [5, 5.41) is 2.33. The smallest absolute Gasteiger partial charge is 0.249 e. The predicted molar refractivity (Wildman–Crippen MR) is 87.4 cm³/mol. The van der Waals surface area contributed by atoms with Crippen LogP contribution in [0.15, 0.2) is 70.5 Å². The zero-order chi connectivity index (χ0) is 14.8. The van der Waals surface area contributed by atoms with Crippen LogP contribution >= 0.6 is 11.8 Å². The Balaban J connectivity index is 2.04. The lowest BCUT2D eigenvalue weighted by Crippen LogP contribution is -2.13. The molecule has 0 unspecified atom stereocenters. The van der Waals surface area contributed by atoms with Gasteiger partial charge in [-0.1, -0.05) is 48.2 Å². The molecule has 104 valence electrons. The third-order valence-corrected chi connectivity index (χ3v) is 4.40. The maximum absolute atomic E-state index is 11.5. The molecule has 3 aromatic carbocycles. The summed E-state index contributed by atoms with van der Waals surface area (Å²) in [6.07, 6.45) is 0. The number of rotatable bonds is 3. The number of nitrogens with two attached hydrogens (primary N) is 2. The van der Waals surface area contributed by atoms with E-state index in [0.29, 0.717) is 16.1 Å². The number of primary amides is 1. The molecule has 4 heteroatoms. The first-order valence-electron chi connectivity index (χ1n) is 6.50. The van der Waals surface area contributed by atoms with Crippen molar-refractivity contribution in [1.82, 2.24) is 0 Å². The van der Waals surface area contributed by atoms with E-state index in [1.807, 2.05) is 18.2 Å². The molecule has 0 aromatic heterocycles. The summed E-state index contributed by atoms with van der Waals surface area (Å²) in [5.74, 6) is -0.467. The van der Waals surface area contributed by atoms with E-state index in [0.717, 1.165) is 10.3 Å². The standard InChI is InChI=1S/C17H14N2OS/c18-15-7-3-6-14(17(19)20)16(15)21-13-9-8-11-4-1-2-5-12(11)10-13/h1-10H,18H2,(H2,19,20). The number of fused-ring (bicyclic) bond motifs is 1. The molecule has 0 saturated carbocycles. The molecule has 3 aromatic rings. The van der Waals surface area contributed by atoms with Gasteiger partial charge >= 0.3 is 0 Å². The Morgan fingerprint density at radius 2 is 1.67 bits per heavy atom. The van der Waals surface area contributed by atoms with Gasteiger partial charge in [-0.15, -0.1) is 0 Å². The van der Waals surface area contributed by atoms with Gasteiger partial charge in [-0.3, -0.25) is 4.79 Å². The molecular formula is C17H14N2OS. The van der Waals surface area contributed by atoms with E-state index in [2.05, 4.69) is 24.3 Å². The molecular weight excluding hydrogens is 280 g/mol. The van der Waals surface area contributed by atoms with Crippen LogP contribution in [-0.4, -0.2) is 5.91 Å². The van der Waals surface area contributed by atoms with Crippen LogP contribution in [0, 0.1) is 0 Å². The number of nitrogen functional groups attached to an aromatic ring is 1. The highest BCUT2D eigenvalue weighted by molar-refractivity contribution is 7.99. The third-order valence-electron chi connectivity index (χ3n) is 3.25. The normalized spacial score (nSPS) is 10.7. The Labute approximate surface area is 126 Å². The Kier molecular flexibility index (Phi) is 3.54. The Hall–Kier alpha value is -2.46. The molecule has 3 nitrogen and oxygen atoms in total. The second-order valence-electron chi connectivity index (χ2n) is 4.70. The van der Waals surface area contributed by atoms with Crippen LogP contribution in [0.25, 0.3) is 10.8 Å². The van der Waals surface area contributed by atoms with Crippen molar-refractivity contribution in [1.29, 1.82) is 0 Å². The van der Waals surface area contributed by atoms with Crippen LogP contribution in [0.3, 0.4) is 0 Å². The molecule has 0 bridgehead atoms. The molecule has 0 aliphatic heterocycles. The summed E-state index contributed by atoms with van der Waals surface area (Å²) in [4.78, 5) is 13.3. The van der Waals surface area contributed by atoms with Gasteiger partial charge in [-0.25, -0.2) is 0 Å². The molecule has 21 heavy (non-hydrogen) atoms. The summed E-state index contributed by atoms with van der Waals surface area (Å²) in [5.41, 5.74) is 12.4. The predicted octanol–water partition coefficient (Wildman–Crippen LogP) is 3.67. The van der Waals surface area contributed by atoms with Crippen molar-refractivity contribution < 1.29 is 4.79 Å². The second kappa shape index (κ2) is 5.50. The van der Waals surface area contributed by atoms with Crippen molar-refractivity contribution in [3.63, 3.8) is 0 Å². The van der Waals surface area contributed by atoms with Gasteiger partial charge in [0.05, 0.1) is 5.56 Å². The zero-order valence-electron chi connectivity index (χ0n) is 11.2. The fourth-order valence-corrected chi connectivity index (χ4v) is 3.23. The molecule has 0 heterocycles. The van der Waals surface area contributed by atoms with Gasteiger partial charge in [-0.2, -0.15) is 0 Å². The van der Waals surface area contributed by atoms with E-state index in [1.165, 1.54) is 17.1 Å². The largest absolute Gasteiger partial charge is 0.398 e. The molecule has 3 rings (SSSR count). The summed E-state index contributed by atoms with van der Waals surface area (Å²) in [7, 11) is 0. The van der Waals surface area contributed by atoms with E-state index < -0.39 is 5.91 Å². The van der Waals surface area contributed by atoms with E-state index in [-0.39, 0.29) is 0 Å². The fraction of sp³-hybridized carbons (Fsp3) is 0. The molecule has 0 fully saturated rings. The van der Waals surface area contributed by atoms with Crippen LogP contribution in [0.1, 0.15) is 10.4 Å². The minimum Gasteiger partial charge on any atom is -0.398 e. The fourth-order valence-electron chi connectivity index (χ4n) is 2.21. The quantitative estimate of drug-likeness (QED) is 0.724. The summed E-state index contributed by atoms with van der Waals surface area (Å²) >= 11 is 1.46. The molecule has 0 aliphatic rings. The zero-order valence-corrected chi connectivity index (χ0v) is 12.1. The highest BCUT2D eigenvalue weighted by Gasteiger charge is 2.12. The minimum atomic E-state index is -0.467. The van der Waals surface area contributed by atoms with Gasteiger partial charge in [0.2, 0.25) is 5.91 Å². The number of hydrogen-bond acceptors (Lipinski definition) is 3. The SMILES string of the molecule is NC(=O)c1cccc(N)c1Sc1ccc2ccccc2c1. The number of benzene rings is 3. The first kappa shape index (κ1) is 13.5. The lowest BCUT2D eigenvalue weighted by Gasteiger charge is -2.10. The number of amides is 1. The summed E-state index contributed by atoms with van der Waals surface area (Å²) < 4.78 is 0. The molecule has 0 spiro atoms. The third kappa shape index (κ3) is 2.71. The lowest BCUT2D eigenvalue weighted by atomic mass is 10.1. The molecule has 0 saturated heterocycles. The number of hydrogen-bond donors (Lipinski definition) is 2. The van der Waals surface area contributed by atoms with Crippen LogP contribution in [0.4, 0.5) is 5.69 Å². The van der Waals surface area contributed by atoms with Gasteiger partial charge in [0.25, 0.3) is 0 Å². The molecule has 1 amide bonds. The van der Waals surface area contributed by atoms with Crippen LogP contribution in [0.2, 0.25) is 0 Å². The first-order valence-corrected chi connectivity index (χ1v) is 7.32. The van der Waals surface area contributed by atoms with Gasteiger partial charge in [0.15, 0.2) is 0 Å². The average molecular weight is 294 g/mol. The van der Waals surface area contributed by atoms with Gasteiger partial charge < -0.3 is 11.5 Å². The summed E-state index contributed by atoms with van der Waals surface area (Å²) in [6.45, 7) is 0. The Morgan fingerprint density at radius 1 is 0.905 bits per heavy atom. The van der Waals surface area contributed by atoms with E-state index >= 15 is 0 Å². The van der Waals surface area contributed by atoms with Crippen LogP contribution < -0.4 is 11.5 Å². The Morgan fingerprint density at radius 3 is 2.43 bits per heavy atom. The summed E-state index contributed by atoms with van der Waals surface area (Å²) in [6, 6.07) is 19.5. The lowest BCUT2D eigenvalue weighted by molar-refractivity contribution is 0.0997. The van der Waals surface area contributed by atoms with Crippen molar-refractivity contribution in [3.05, 3.63) is 66.2 Å². The minimum absolute atomic E-state index is 0.452. The van der Waals surface area contributed by atoms with E-state index in [1.54, 1.807) is 18.2 Å². The number of carbonyl (C=O) groups excluding carboxylic acids is 1. The van der Waals surface area contributed by atoms with Crippen LogP contribution in [-0.2, 0) is 0 Å². The van der Waals surface area contributed by atoms with Crippen molar-refractivity contribution in [2.45, 2.75) is 9.79 Å². The maximum atomic E-state index is 11.5. The van der Waals surface area contributed by atoms with E-state index in [4.69, 9.17) is 11.5 Å². The molecule has 0 aliphatic carbocycles. The number of anilines is 1. The topological polar surface area (TPSA) is 69.1 Å². The van der Waals surface area contributed by atoms with Crippen molar-refractivity contribution in [2.24, 2.45) is 5.73 Å². The highest BCUT2D eigenvalue weighted by atomic mass is 32.2. The van der Waals surface area contributed by atoms with Crippen molar-refractivity contribution in [3.8, 4) is 0 Å². The number of carbonyl (C=O) groups is 1. The highest BCUT2D eigenvalue weighted by Crippen LogP contribution is 2.36. The van der Waals surface area contributed by atoms with Crippen molar-refractivity contribution >= 4 is 34.1 Å². The average Bonchev–Trinajstić information content (AvgIpc) is 2.49. The molecule has 0 atom stereocenters. The monoisotopic (exact) mass is 294 g/mol. The van der Waals surface area contributed by atoms with Crippen LogP contribution in [0.5, 0.6) is 0 Å². The molecule has 4 N–H and O–H groups in total. The van der Waals surface area contributed by atoms with Gasteiger partial charge in [-0.05, 0) is 35.0 Å². The maximum Gasteiger partial charge on any atom is 0.249 e.